The number of halogens is 2. The number of nitrogens with two attached hydrogens (primary N) is 2. The summed E-state index contributed by atoms with van der Waals surface area (Å²) < 4.78 is 0. The summed E-state index contributed by atoms with van der Waals surface area (Å²) in [7, 11) is 3.39. The Morgan fingerprint density at radius 3 is 2.21 bits per heavy atom. The Balaban J connectivity index is 0. The molecule has 168 valence electrons. The highest BCUT2D eigenvalue weighted by Crippen LogP contribution is 2.30. The first-order valence-electron chi connectivity index (χ1n) is 9.46. The third kappa shape index (κ3) is 15.8. The standard InChI is InChI=1S/C19H32N4O2S2.2ClH/c20-11-14-23(15-12-21)19(25)9-5-2-6-13-22-18(24)10-16-26-27-17-7-3-1-4-8-17;;/h1,3-4,7-8H,2,5-6,9-16,20-21H2,(H,22,24);2*1H. The van der Waals surface area contributed by atoms with Crippen LogP contribution < -0.4 is 16.8 Å². The molecule has 0 unspecified atom stereocenters. The summed E-state index contributed by atoms with van der Waals surface area (Å²) in [6.07, 6.45) is 3.67. The van der Waals surface area contributed by atoms with Gasteiger partial charge in [0.25, 0.3) is 0 Å². The highest BCUT2D eigenvalue weighted by molar-refractivity contribution is 8.76. The Morgan fingerprint density at radius 2 is 1.59 bits per heavy atom. The molecule has 0 aromatic heterocycles. The first kappa shape index (κ1) is 30.6. The van der Waals surface area contributed by atoms with Gasteiger partial charge in [0.05, 0.1) is 0 Å². The molecule has 6 nitrogen and oxygen atoms in total. The van der Waals surface area contributed by atoms with Gasteiger partial charge in [0.2, 0.25) is 11.8 Å². The van der Waals surface area contributed by atoms with Crippen LogP contribution in [-0.4, -0.2) is 55.2 Å². The van der Waals surface area contributed by atoms with Crippen molar-refractivity contribution in [1.29, 1.82) is 0 Å². The highest BCUT2D eigenvalue weighted by Gasteiger charge is 2.11. The molecule has 0 aliphatic rings. The van der Waals surface area contributed by atoms with Crippen LogP contribution in [0, 0.1) is 0 Å². The normalized spacial score (nSPS) is 9.86. The van der Waals surface area contributed by atoms with Crippen molar-refractivity contribution >= 4 is 58.2 Å². The van der Waals surface area contributed by atoms with E-state index in [-0.39, 0.29) is 36.6 Å². The predicted octanol–water partition coefficient (Wildman–Crippen LogP) is 3.08. The summed E-state index contributed by atoms with van der Waals surface area (Å²) in [6, 6.07) is 10.1. The predicted molar refractivity (Wildman–Crippen MR) is 130 cm³/mol. The molecule has 0 saturated carbocycles. The lowest BCUT2D eigenvalue weighted by Crippen LogP contribution is -2.38. The van der Waals surface area contributed by atoms with Gasteiger partial charge >= 0.3 is 0 Å². The average Bonchev–Trinajstić information content (AvgIpc) is 2.68. The zero-order valence-corrected chi connectivity index (χ0v) is 20.0. The number of hydrogen-bond donors (Lipinski definition) is 3. The summed E-state index contributed by atoms with van der Waals surface area (Å²) in [5, 5.41) is 2.94. The molecule has 0 heterocycles. The van der Waals surface area contributed by atoms with Crippen LogP contribution in [0.15, 0.2) is 35.2 Å². The number of rotatable bonds is 15. The van der Waals surface area contributed by atoms with Gasteiger partial charge in [-0.2, -0.15) is 0 Å². The first-order chi connectivity index (χ1) is 13.2. The van der Waals surface area contributed by atoms with E-state index < -0.39 is 0 Å². The van der Waals surface area contributed by atoms with Crippen LogP contribution in [0.5, 0.6) is 0 Å². The maximum Gasteiger partial charge on any atom is 0.222 e. The van der Waals surface area contributed by atoms with Crippen LogP contribution in [0.25, 0.3) is 0 Å². The van der Waals surface area contributed by atoms with Gasteiger partial charge in [0, 0.05) is 56.2 Å². The highest BCUT2D eigenvalue weighted by atomic mass is 35.5. The number of unbranched alkanes of at least 4 members (excludes halogenated alkanes) is 2. The van der Waals surface area contributed by atoms with Gasteiger partial charge in [-0.05, 0) is 25.0 Å². The molecule has 0 atom stereocenters. The van der Waals surface area contributed by atoms with Crippen molar-refractivity contribution in [1.82, 2.24) is 10.2 Å². The molecule has 0 bridgehead atoms. The molecule has 10 heteroatoms. The molecule has 0 spiro atoms. The number of carbonyl (C=O) groups excluding carboxylic acids is 2. The van der Waals surface area contributed by atoms with Crippen molar-refractivity contribution in [2.75, 3.05) is 38.5 Å². The summed E-state index contributed by atoms with van der Waals surface area (Å²) in [4.78, 5) is 26.8. The monoisotopic (exact) mass is 484 g/mol. The van der Waals surface area contributed by atoms with E-state index >= 15 is 0 Å². The molecular formula is C19H34Cl2N4O2S2. The Bertz CT molecular complexity index is 536. The second kappa shape index (κ2) is 20.6. The maximum absolute atomic E-state index is 12.1. The number of amides is 2. The Labute approximate surface area is 194 Å². The van der Waals surface area contributed by atoms with Gasteiger partial charge in [-0.3, -0.25) is 9.59 Å². The fraction of sp³-hybridized carbons (Fsp3) is 0.579. The van der Waals surface area contributed by atoms with E-state index in [1.807, 2.05) is 18.2 Å². The molecule has 1 aromatic rings. The van der Waals surface area contributed by atoms with E-state index in [2.05, 4.69) is 17.4 Å². The van der Waals surface area contributed by atoms with E-state index in [4.69, 9.17) is 11.5 Å². The third-order valence-corrected chi connectivity index (χ3v) is 6.24. The molecule has 2 amide bonds. The van der Waals surface area contributed by atoms with E-state index in [0.29, 0.717) is 45.6 Å². The van der Waals surface area contributed by atoms with Crippen LogP contribution >= 0.6 is 46.4 Å². The van der Waals surface area contributed by atoms with Crippen molar-refractivity contribution < 1.29 is 9.59 Å². The van der Waals surface area contributed by atoms with Gasteiger partial charge in [0.15, 0.2) is 0 Å². The zero-order chi connectivity index (χ0) is 19.7. The minimum atomic E-state index is 0. The number of benzene rings is 1. The minimum Gasteiger partial charge on any atom is -0.356 e. The Hall–Kier alpha value is -0.640. The molecular weight excluding hydrogens is 451 g/mol. The lowest BCUT2D eigenvalue weighted by atomic mass is 10.1. The fourth-order valence-electron chi connectivity index (χ4n) is 2.45. The van der Waals surface area contributed by atoms with Crippen LogP contribution in [0.3, 0.4) is 0 Å². The van der Waals surface area contributed by atoms with E-state index in [1.165, 1.54) is 4.90 Å². The largest absolute Gasteiger partial charge is 0.356 e. The quantitative estimate of drug-likeness (QED) is 0.261. The molecule has 1 aromatic carbocycles. The molecule has 0 saturated heterocycles. The average molecular weight is 486 g/mol. The van der Waals surface area contributed by atoms with E-state index in [1.54, 1.807) is 26.5 Å². The number of carbonyl (C=O) groups is 2. The van der Waals surface area contributed by atoms with Crippen molar-refractivity contribution in [2.45, 2.75) is 37.0 Å². The van der Waals surface area contributed by atoms with Gasteiger partial charge in [-0.1, -0.05) is 46.2 Å². The maximum atomic E-state index is 12.1. The second-order valence-electron chi connectivity index (χ2n) is 6.09. The van der Waals surface area contributed by atoms with Crippen molar-refractivity contribution in [3.63, 3.8) is 0 Å². The molecule has 0 aliphatic heterocycles. The number of nitrogens with one attached hydrogen (secondary N) is 1. The SMILES string of the molecule is Cl.Cl.NCCN(CCN)C(=O)CCCCCNC(=O)CCSSc1ccccc1. The van der Waals surface area contributed by atoms with Gasteiger partial charge in [0.1, 0.15) is 0 Å². The zero-order valence-electron chi connectivity index (χ0n) is 16.7. The van der Waals surface area contributed by atoms with Crippen LogP contribution in [0.1, 0.15) is 32.1 Å². The fourth-order valence-corrected chi connectivity index (χ4v) is 4.44. The molecule has 0 fully saturated rings. The van der Waals surface area contributed by atoms with Gasteiger partial charge in [-0.25, -0.2) is 0 Å². The van der Waals surface area contributed by atoms with Gasteiger partial charge in [-0.15, -0.1) is 24.8 Å². The third-order valence-electron chi connectivity index (χ3n) is 3.85. The van der Waals surface area contributed by atoms with Crippen LogP contribution in [-0.2, 0) is 9.59 Å². The van der Waals surface area contributed by atoms with Crippen LogP contribution in [0.4, 0.5) is 0 Å². The number of nitrogens with zero attached hydrogens (tertiary/aromatic N) is 1. The van der Waals surface area contributed by atoms with Crippen molar-refractivity contribution in [3.05, 3.63) is 30.3 Å². The Morgan fingerprint density at radius 1 is 0.931 bits per heavy atom. The molecule has 29 heavy (non-hydrogen) atoms. The Kier molecular flexibility index (Phi) is 21.7. The lowest BCUT2D eigenvalue weighted by Gasteiger charge is -2.21. The smallest absolute Gasteiger partial charge is 0.222 e. The topological polar surface area (TPSA) is 101 Å². The van der Waals surface area contributed by atoms with E-state index in [0.717, 1.165) is 25.0 Å². The summed E-state index contributed by atoms with van der Waals surface area (Å²) in [5.41, 5.74) is 11.0. The molecule has 5 N–H and O–H groups in total. The second-order valence-corrected chi connectivity index (χ2v) is 8.58. The molecule has 1 rings (SSSR count). The van der Waals surface area contributed by atoms with Crippen molar-refractivity contribution in [2.24, 2.45) is 11.5 Å². The minimum absolute atomic E-state index is 0. The first-order valence-corrected chi connectivity index (χ1v) is 11.8. The van der Waals surface area contributed by atoms with Crippen molar-refractivity contribution in [3.8, 4) is 0 Å². The summed E-state index contributed by atoms with van der Waals surface area (Å²) in [6.45, 7) is 2.71. The lowest BCUT2D eigenvalue weighted by molar-refractivity contribution is -0.131. The van der Waals surface area contributed by atoms with Crippen LogP contribution in [0.2, 0.25) is 0 Å². The molecule has 0 radical (unpaired) electrons. The summed E-state index contributed by atoms with van der Waals surface area (Å²) in [5.74, 6) is 0.991. The van der Waals surface area contributed by atoms with E-state index in [9.17, 15) is 9.59 Å². The van der Waals surface area contributed by atoms with Gasteiger partial charge < -0.3 is 21.7 Å². The number of hydrogen-bond acceptors (Lipinski definition) is 6. The summed E-state index contributed by atoms with van der Waals surface area (Å²) >= 11 is 0. The molecule has 0 aliphatic carbocycles.